The predicted octanol–water partition coefficient (Wildman–Crippen LogP) is -0.998. The molecule has 1 unspecified atom stereocenters. The van der Waals surface area contributed by atoms with Crippen molar-refractivity contribution in [2.24, 2.45) is 0 Å². The minimum atomic E-state index is -0.549. The van der Waals surface area contributed by atoms with Gasteiger partial charge in [0.05, 0.1) is 6.04 Å². The van der Waals surface area contributed by atoms with Crippen LogP contribution in [0, 0.1) is 0 Å². The number of amides is 3. The van der Waals surface area contributed by atoms with Gasteiger partial charge in [-0.3, -0.25) is 19.3 Å². The zero-order valence-corrected chi connectivity index (χ0v) is 9.86. The summed E-state index contributed by atoms with van der Waals surface area (Å²) in [6, 6.07) is -0.738. The number of nitrogens with one attached hydrogen (secondary N) is 2. The fourth-order valence-electron chi connectivity index (χ4n) is 2.23. The number of piperidine rings is 1. The molecule has 0 saturated carbocycles. The Kier molecular flexibility index (Phi) is 3.42. The average Bonchev–Trinajstić information content (AvgIpc) is 2.83. The normalized spacial score (nSPS) is 29.6. The van der Waals surface area contributed by atoms with Crippen molar-refractivity contribution in [3.8, 4) is 0 Å². The highest BCUT2D eigenvalue weighted by atomic mass is 16.2. The Morgan fingerprint density at radius 3 is 2.82 bits per heavy atom. The Bertz CT molecular complexity index is 350. The van der Waals surface area contributed by atoms with Crippen molar-refractivity contribution >= 4 is 17.7 Å². The van der Waals surface area contributed by atoms with E-state index < -0.39 is 6.04 Å². The van der Waals surface area contributed by atoms with Gasteiger partial charge in [0.2, 0.25) is 11.8 Å². The van der Waals surface area contributed by atoms with Crippen LogP contribution in [0.15, 0.2) is 0 Å². The molecule has 0 aliphatic carbocycles. The van der Waals surface area contributed by atoms with Crippen LogP contribution in [-0.2, 0) is 14.4 Å². The predicted molar refractivity (Wildman–Crippen MR) is 60.0 cm³/mol. The lowest BCUT2D eigenvalue weighted by Crippen LogP contribution is -2.55. The van der Waals surface area contributed by atoms with Crippen molar-refractivity contribution in [1.82, 2.24) is 15.5 Å². The Morgan fingerprint density at radius 1 is 1.41 bits per heavy atom. The molecule has 0 radical (unpaired) electrons. The van der Waals surface area contributed by atoms with Crippen LogP contribution in [0.1, 0.15) is 25.7 Å². The maximum atomic E-state index is 11.8. The van der Waals surface area contributed by atoms with Gasteiger partial charge >= 0.3 is 0 Å². The summed E-state index contributed by atoms with van der Waals surface area (Å²) in [5.74, 6) is -0.629. The Hall–Kier alpha value is -1.43. The molecule has 0 aromatic carbocycles. The summed E-state index contributed by atoms with van der Waals surface area (Å²) in [7, 11) is 1.46. The molecule has 0 spiro atoms. The molecule has 17 heavy (non-hydrogen) atoms. The van der Waals surface area contributed by atoms with Crippen LogP contribution in [0.5, 0.6) is 0 Å². The smallest absolute Gasteiger partial charge is 0.251 e. The van der Waals surface area contributed by atoms with Crippen LogP contribution in [0.3, 0.4) is 0 Å². The van der Waals surface area contributed by atoms with Gasteiger partial charge in [-0.25, -0.2) is 0 Å². The van der Waals surface area contributed by atoms with Gasteiger partial charge in [-0.2, -0.15) is 0 Å². The summed E-state index contributed by atoms with van der Waals surface area (Å²) in [6.45, 7) is 0.842. The van der Waals surface area contributed by atoms with Gasteiger partial charge in [0.1, 0.15) is 6.04 Å². The van der Waals surface area contributed by atoms with Crippen LogP contribution in [-0.4, -0.2) is 48.3 Å². The topological polar surface area (TPSA) is 78.5 Å². The molecular weight excluding hydrogens is 222 g/mol. The Balaban J connectivity index is 1.92. The van der Waals surface area contributed by atoms with Crippen LogP contribution in [0.2, 0.25) is 0 Å². The number of likely N-dealkylation sites (tertiary alicyclic amines) is 1. The number of rotatable bonds is 2. The lowest BCUT2D eigenvalue weighted by Gasteiger charge is -2.28. The van der Waals surface area contributed by atoms with Crippen LogP contribution < -0.4 is 10.6 Å². The lowest BCUT2D eigenvalue weighted by atomic mass is 10.0. The number of hydrogen-bond donors (Lipinski definition) is 2. The zero-order valence-electron chi connectivity index (χ0n) is 9.86. The zero-order chi connectivity index (χ0) is 12.4. The van der Waals surface area contributed by atoms with E-state index in [1.807, 2.05) is 0 Å². The third-order valence-corrected chi connectivity index (χ3v) is 3.34. The number of carbonyl (C=O) groups excluding carboxylic acids is 3. The first-order valence-electron chi connectivity index (χ1n) is 5.94. The second-order valence-electron chi connectivity index (χ2n) is 4.54. The van der Waals surface area contributed by atoms with E-state index >= 15 is 0 Å². The van der Waals surface area contributed by atoms with E-state index in [1.54, 1.807) is 0 Å². The van der Waals surface area contributed by atoms with Crippen LogP contribution in [0.25, 0.3) is 0 Å². The maximum absolute atomic E-state index is 11.8. The van der Waals surface area contributed by atoms with Crippen molar-refractivity contribution < 1.29 is 14.4 Å². The van der Waals surface area contributed by atoms with Gasteiger partial charge in [-0.05, 0) is 25.8 Å². The van der Waals surface area contributed by atoms with E-state index in [0.717, 1.165) is 24.3 Å². The minimum Gasteiger partial charge on any atom is -0.343 e. The SMILES string of the molecule is CN1C(=O)CCC(NC(=O)[C@H]2CCCN2)C1=O. The number of hydrogen-bond acceptors (Lipinski definition) is 4. The van der Waals surface area contributed by atoms with E-state index in [4.69, 9.17) is 0 Å². The maximum Gasteiger partial charge on any atom is 0.251 e. The monoisotopic (exact) mass is 239 g/mol. The molecule has 0 aromatic rings. The van der Waals surface area contributed by atoms with E-state index in [2.05, 4.69) is 10.6 Å². The van der Waals surface area contributed by atoms with Crippen molar-refractivity contribution in [2.75, 3.05) is 13.6 Å². The molecule has 6 heteroatoms. The van der Waals surface area contributed by atoms with Crippen LogP contribution >= 0.6 is 0 Å². The average molecular weight is 239 g/mol. The second kappa shape index (κ2) is 4.83. The van der Waals surface area contributed by atoms with E-state index in [-0.39, 0.29) is 23.8 Å². The highest BCUT2D eigenvalue weighted by Gasteiger charge is 2.34. The molecule has 2 heterocycles. The first kappa shape index (κ1) is 12.0. The van der Waals surface area contributed by atoms with Gasteiger partial charge in [0.25, 0.3) is 5.91 Å². The molecule has 2 aliphatic heterocycles. The minimum absolute atomic E-state index is 0.136. The molecule has 6 nitrogen and oxygen atoms in total. The molecule has 0 aromatic heterocycles. The van der Waals surface area contributed by atoms with Crippen molar-refractivity contribution in [1.29, 1.82) is 0 Å². The van der Waals surface area contributed by atoms with E-state index in [0.29, 0.717) is 12.8 Å². The van der Waals surface area contributed by atoms with Gasteiger partial charge in [-0.15, -0.1) is 0 Å². The summed E-state index contributed by atoms with van der Waals surface area (Å²) in [4.78, 5) is 35.9. The third kappa shape index (κ3) is 2.46. The van der Waals surface area contributed by atoms with Crippen molar-refractivity contribution in [3.63, 3.8) is 0 Å². The summed E-state index contributed by atoms with van der Waals surface area (Å²) < 4.78 is 0. The van der Waals surface area contributed by atoms with Gasteiger partial charge in [0, 0.05) is 13.5 Å². The number of likely N-dealkylation sites (N-methyl/N-ethyl adjacent to an activating group) is 1. The quantitative estimate of drug-likeness (QED) is 0.606. The van der Waals surface area contributed by atoms with Crippen LogP contribution in [0.4, 0.5) is 0 Å². The lowest BCUT2D eigenvalue weighted by molar-refractivity contribution is -0.149. The van der Waals surface area contributed by atoms with Gasteiger partial charge in [-0.1, -0.05) is 0 Å². The second-order valence-corrected chi connectivity index (χ2v) is 4.54. The van der Waals surface area contributed by atoms with E-state index in [1.165, 1.54) is 7.05 Å². The number of carbonyl (C=O) groups is 3. The number of nitrogens with zero attached hydrogens (tertiary/aromatic N) is 1. The molecule has 2 atom stereocenters. The van der Waals surface area contributed by atoms with Crippen molar-refractivity contribution in [2.45, 2.75) is 37.8 Å². The first-order valence-corrected chi connectivity index (χ1v) is 5.94. The van der Waals surface area contributed by atoms with Crippen molar-refractivity contribution in [3.05, 3.63) is 0 Å². The highest BCUT2D eigenvalue weighted by molar-refractivity contribution is 6.01. The standard InChI is InChI=1S/C11H17N3O3/c1-14-9(15)5-4-8(11(14)17)13-10(16)7-3-2-6-12-7/h7-8,12H,2-6H2,1H3,(H,13,16)/t7-,8?/m1/s1. The molecular formula is C11H17N3O3. The first-order chi connectivity index (χ1) is 8.09. The third-order valence-electron chi connectivity index (χ3n) is 3.34. The molecule has 2 aliphatic rings. The molecule has 2 fully saturated rings. The summed E-state index contributed by atoms with van der Waals surface area (Å²) in [5, 5.41) is 5.79. The largest absolute Gasteiger partial charge is 0.343 e. The fourth-order valence-corrected chi connectivity index (χ4v) is 2.23. The number of imide groups is 1. The molecule has 2 saturated heterocycles. The van der Waals surface area contributed by atoms with Gasteiger partial charge in [0.15, 0.2) is 0 Å². The summed E-state index contributed by atoms with van der Waals surface area (Å²) >= 11 is 0. The summed E-state index contributed by atoms with van der Waals surface area (Å²) in [6.07, 6.45) is 2.50. The molecule has 2 N–H and O–H groups in total. The molecule has 94 valence electrons. The Labute approximate surface area is 99.7 Å². The fraction of sp³-hybridized carbons (Fsp3) is 0.727. The molecule has 3 amide bonds. The van der Waals surface area contributed by atoms with Gasteiger partial charge < -0.3 is 10.6 Å². The van der Waals surface area contributed by atoms with E-state index in [9.17, 15) is 14.4 Å². The summed E-state index contributed by atoms with van der Waals surface area (Å²) in [5.41, 5.74) is 0. The molecule has 0 bridgehead atoms. The molecule has 2 rings (SSSR count). The highest BCUT2D eigenvalue weighted by Crippen LogP contribution is 2.12. The Morgan fingerprint density at radius 2 is 2.18 bits per heavy atom.